The maximum absolute atomic E-state index is 12.7. The van der Waals surface area contributed by atoms with Crippen molar-refractivity contribution in [2.45, 2.75) is 31.0 Å². The van der Waals surface area contributed by atoms with Crippen molar-refractivity contribution < 1.29 is 27.9 Å². The van der Waals surface area contributed by atoms with Crippen molar-refractivity contribution in [3.8, 4) is 0 Å². The molecule has 1 aromatic heterocycles. The molecule has 27 heavy (non-hydrogen) atoms. The van der Waals surface area contributed by atoms with Crippen LogP contribution in [-0.2, 0) is 27.8 Å². The fraction of sp³-hybridized carbons (Fsp3) is 0.333. The predicted molar refractivity (Wildman–Crippen MR) is 94.2 cm³/mol. The summed E-state index contributed by atoms with van der Waals surface area (Å²) >= 11 is 1.53. The van der Waals surface area contributed by atoms with Gasteiger partial charge in [0.05, 0.1) is 12.1 Å². The van der Waals surface area contributed by atoms with Gasteiger partial charge in [0.15, 0.2) is 0 Å². The number of nitrogens with one attached hydrogen (secondary N) is 2. The lowest BCUT2D eigenvalue weighted by Crippen LogP contribution is -2.45. The predicted octanol–water partition coefficient (Wildman–Crippen LogP) is 3.05. The number of hydrogen-bond acceptors (Lipinski definition) is 4. The molecular weight excluding hydrogens is 381 g/mol. The first-order chi connectivity index (χ1) is 12.7. The molecule has 1 unspecified atom stereocenters. The number of halogens is 3. The number of hydrogen-bond donors (Lipinski definition) is 3. The van der Waals surface area contributed by atoms with Gasteiger partial charge < -0.3 is 15.7 Å². The monoisotopic (exact) mass is 398 g/mol. The highest BCUT2D eigenvalue weighted by Crippen LogP contribution is 2.37. The summed E-state index contributed by atoms with van der Waals surface area (Å²) in [4.78, 5) is 25.0. The number of carbonyl (C=O) groups is 2. The number of aliphatic hydroxyl groups is 1. The number of rotatable bonds is 3. The topological polar surface area (TPSA) is 78.4 Å². The third-order valence-electron chi connectivity index (χ3n) is 4.44. The second kappa shape index (κ2) is 7.32. The summed E-state index contributed by atoms with van der Waals surface area (Å²) in [7, 11) is 0. The van der Waals surface area contributed by atoms with Gasteiger partial charge in [-0.2, -0.15) is 13.2 Å². The minimum absolute atomic E-state index is 0.138. The Kier molecular flexibility index (Phi) is 5.25. The first kappa shape index (κ1) is 19.4. The van der Waals surface area contributed by atoms with Crippen molar-refractivity contribution in [1.29, 1.82) is 0 Å². The number of amides is 2. The van der Waals surface area contributed by atoms with Crippen LogP contribution >= 0.6 is 11.3 Å². The molecule has 1 heterocycles. The molecule has 1 aromatic carbocycles. The van der Waals surface area contributed by atoms with Gasteiger partial charge >= 0.3 is 18.0 Å². The van der Waals surface area contributed by atoms with Crippen molar-refractivity contribution in [2.75, 3.05) is 11.9 Å². The van der Waals surface area contributed by atoms with E-state index in [1.54, 1.807) is 6.07 Å². The van der Waals surface area contributed by atoms with E-state index >= 15 is 0 Å². The van der Waals surface area contributed by atoms with Crippen LogP contribution in [0.25, 0.3) is 0 Å². The smallest absolute Gasteiger partial charge is 0.383 e. The Morgan fingerprint density at radius 1 is 1.22 bits per heavy atom. The highest BCUT2D eigenvalue weighted by molar-refractivity contribution is 7.10. The molecule has 1 aliphatic carbocycles. The van der Waals surface area contributed by atoms with Crippen molar-refractivity contribution >= 4 is 28.8 Å². The SMILES string of the molecule is O=C(NCC1(O)CCCc2sccc21)C(=O)Nc1cccc(C(F)(F)F)c1. The number of fused-ring (bicyclic) bond motifs is 1. The van der Waals surface area contributed by atoms with Crippen molar-refractivity contribution in [1.82, 2.24) is 5.32 Å². The van der Waals surface area contributed by atoms with E-state index in [0.717, 1.165) is 41.5 Å². The molecule has 3 N–H and O–H groups in total. The van der Waals surface area contributed by atoms with E-state index < -0.39 is 29.2 Å². The van der Waals surface area contributed by atoms with Gasteiger partial charge in [-0.05, 0) is 54.5 Å². The van der Waals surface area contributed by atoms with Gasteiger partial charge in [-0.15, -0.1) is 11.3 Å². The van der Waals surface area contributed by atoms with Crippen LogP contribution < -0.4 is 10.6 Å². The molecule has 1 atom stereocenters. The number of alkyl halides is 3. The van der Waals surface area contributed by atoms with Gasteiger partial charge in [0.25, 0.3) is 0 Å². The van der Waals surface area contributed by atoms with E-state index in [0.29, 0.717) is 6.42 Å². The molecule has 0 aliphatic heterocycles. The maximum atomic E-state index is 12.7. The van der Waals surface area contributed by atoms with Crippen LogP contribution in [0.4, 0.5) is 18.9 Å². The average Bonchev–Trinajstić information content (AvgIpc) is 3.10. The molecule has 3 rings (SSSR count). The molecule has 0 fully saturated rings. The van der Waals surface area contributed by atoms with E-state index in [1.165, 1.54) is 17.4 Å². The van der Waals surface area contributed by atoms with Crippen molar-refractivity contribution in [2.24, 2.45) is 0 Å². The normalized spacial score (nSPS) is 19.3. The van der Waals surface area contributed by atoms with Crippen LogP contribution in [0.15, 0.2) is 35.7 Å². The molecule has 0 radical (unpaired) electrons. The number of benzene rings is 1. The summed E-state index contributed by atoms with van der Waals surface area (Å²) in [6.07, 6.45) is -2.48. The number of aryl methyl sites for hydroxylation is 1. The quantitative estimate of drug-likeness (QED) is 0.696. The molecule has 0 spiro atoms. The third-order valence-corrected chi connectivity index (χ3v) is 5.42. The summed E-state index contributed by atoms with van der Waals surface area (Å²) in [5.74, 6) is -2.12. The highest BCUT2D eigenvalue weighted by Gasteiger charge is 2.36. The van der Waals surface area contributed by atoms with Gasteiger partial charge in [-0.25, -0.2) is 0 Å². The molecule has 2 amide bonds. The lowest BCUT2D eigenvalue weighted by Gasteiger charge is -2.32. The minimum Gasteiger partial charge on any atom is -0.383 e. The van der Waals surface area contributed by atoms with Crippen LogP contribution in [0, 0.1) is 0 Å². The van der Waals surface area contributed by atoms with Gasteiger partial charge in [-0.3, -0.25) is 9.59 Å². The molecule has 9 heteroatoms. The minimum atomic E-state index is -4.55. The van der Waals surface area contributed by atoms with Crippen LogP contribution in [0.1, 0.15) is 28.8 Å². The zero-order valence-corrected chi connectivity index (χ0v) is 14.9. The fourth-order valence-corrected chi connectivity index (χ4v) is 4.09. The Balaban J connectivity index is 1.62. The molecule has 0 saturated carbocycles. The van der Waals surface area contributed by atoms with E-state index in [4.69, 9.17) is 0 Å². The van der Waals surface area contributed by atoms with Crippen LogP contribution in [0.5, 0.6) is 0 Å². The van der Waals surface area contributed by atoms with E-state index in [1.807, 2.05) is 5.38 Å². The first-order valence-electron chi connectivity index (χ1n) is 8.25. The molecular formula is C18H17F3N2O3S. The Hall–Kier alpha value is -2.39. The van der Waals surface area contributed by atoms with Crippen LogP contribution in [0.3, 0.4) is 0 Å². The van der Waals surface area contributed by atoms with Crippen LogP contribution in [-0.4, -0.2) is 23.5 Å². The lowest BCUT2D eigenvalue weighted by molar-refractivity contribution is -0.137. The largest absolute Gasteiger partial charge is 0.416 e. The molecule has 0 saturated heterocycles. The van der Waals surface area contributed by atoms with E-state index in [9.17, 15) is 27.9 Å². The number of thiophene rings is 1. The first-order valence-corrected chi connectivity index (χ1v) is 9.13. The molecule has 1 aliphatic rings. The van der Waals surface area contributed by atoms with Crippen molar-refractivity contribution in [3.63, 3.8) is 0 Å². The second-order valence-corrected chi connectivity index (χ2v) is 7.36. The fourth-order valence-electron chi connectivity index (χ4n) is 3.08. The Morgan fingerprint density at radius 3 is 2.74 bits per heavy atom. The van der Waals surface area contributed by atoms with Gasteiger partial charge in [-0.1, -0.05) is 6.07 Å². The summed E-state index contributed by atoms with van der Waals surface area (Å²) in [5.41, 5.74) is -1.57. The molecule has 144 valence electrons. The van der Waals surface area contributed by atoms with Crippen LogP contribution in [0.2, 0.25) is 0 Å². The average molecular weight is 398 g/mol. The van der Waals surface area contributed by atoms with Gasteiger partial charge in [0.1, 0.15) is 5.60 Å². The molecule has 2 aromatic rings. The Bertz CT molecular complexity index is 866. The highest BCUT2D eigenvalue weighted by atomic mass is 32.1. The second-order valence-electron chi connectivity index (χ2n) is 6.36. The summed E-state index contributed by atoms with van der Waals surface area (Å²) in [6.45, 7) is -0.147. The lowest BCUT2D eigenvalue weighted by atomic mass is 9.83. The standard InChI is InChI=1S/C18H17F3N2O3S/c19-18(20,21)11-3-1-4-12(9-11)23-16(25)15(24)22-10-17(26)7-2-5-14-13(17)6-8-27-14/h1,3-4,6,8-9,26H,2,5,7,10H2,(H,22,24)(H,23,25). The zero-order chi connectivity index (χ0) is 19.7. The maximum Gasteiger partial charge on any atom is 0.416 e. The summed E-state index contributed by atoms with van der Waals surface area (Å²) in [6, 6.07) is 5.81. The van der Waals surface area contributed by atoms with Crippen molar-refractivity contribution in [3.05, 3.63) is 51.7 Å². The van der Waals surface area contributed by atoms with Gasteiger partial charge in [0.2, 0.25) is 0 Å². The van der Waals surface area contributed by atoms with E-state index in [2.05, 4.69) is 10.6 Å². The Morgan fingerprint density at radius 2 is 2.00 bits per heavy atom. The summed E-state index contributed by atoms with van der Waals surface area (Å²) < 4.78 is 38.1. The number of anilines is 1. The van der Waals surface area contributed by atoms with E-state index in [-0.39, 0.29) is 12.2 Å². The summed E-state index contributed by atoms with van der Waals surface area (Å²) in [5, 5.41) is 17.2. The van der Waals surface area contributed by atoms with Gasteiger partial charge in [0, 0.05) is 10.6 Å². The molecule has 5 nitrogen and oxygen atoms in total. The zero-order valence-electron chi connectivity index (χ0n) is 14.1. The third kappa shape index (κ3) is 4.30. The Labute approximate surface area is 157 Å². The number of carbonyl (C=O) groups excluding carboxylic acids is 2. The molecule has 0 bridgehead atoms.